The molecular weight excluding hydrogens is 401 g/mol. The number of halogens is 3. The molecule has 0 aliphatic heterocycles. The number of aromatic nitrogens is 3. The molecule has 0 aliphatic rings. The zero-order valence-corrected chi connectivity index (χ0v) is 16.4. The van der Waals surface area contributed by atoms with Crippen molar-refractivity contribution in [2.24, 2.45) is 0 Å². The molecule has 0 bridgehead atoms. The Labute approximate surface area is 169 Å². The summed E-state index contributed by atoms with van der Waals surface area (Å²) in [5.41, 5.74) is 3.06. The van der Waals surface area contributed by atoms with E-state index in [9.17, 15) is 27.9 Å². The summed E-state index contributed by atoms with van der Waals surface area (Å²) in [7, 11) is 0. The first-order valence-corrected chi connectivity index (χ1v) is 9.00. The number of carbonyl (C=O) groups excluding carboxylic acids is 2. The molecule has 1 unspecified atom stereocenters. The number of hydrogen-bond acceptors (Lipinski definition) is 6. The highest BCUT2D eigenvalue weighted by atomic mass is 19.4. The Morgan fingerprint density at radius 2 is 1.93 bits per heavy atom. The van der Waals surface area contributed by atoms with Gasteiger partial charge in [-0.1, -0.05) is 19.1 Å². The Balaban J connectivity index is 2.29. The number of aliphatic hydroxyl groups is 1. The highest BCUT2D eigenvalue weighted by molar-refractivity contribution is 5.93. The number of fused-ring (bicyclic) bond motifs is 1. The maximum atomic E-state index is 13.7. The number of nitrogens with two attached hydrogens (primary N) is 1. The molecule has 0 saturated heterocycles. The van der Waals surface area contributed by atoms with Crippen molar-refractivity contribution in [3.63, 3.8) is 0 Å². The fraction of sp³-hybridized carbons (Fsp3) is 0.300. The van der Waals surface area contributed by atoms with Gasteiger partial charge in [-0.15, -0.1) is 0 Å². The highest BCUT2D eigenvalue weighted by Gasteiger charge is 2.59. The average molecular weight is 420 g/mol. The third-order valence-electron chi connectivity index (χ3n) is 4.95. The largest absolute Gasteiger partial charge is 0.428 e. The minimum atomic E-state index is -5.21. The van der Waals surface area contributed by atoms with Crippen molar-refractivity contribution >= 4 is 23.0 Å². The fourth-order valence-electron chi connectivity index (χ4n) is 3.24. The van der Waals surface area contributed by atoms with Crippen LogP contribution in [0.4, 0.5) is 19.0 Å². The minimum absolute atomic E-state index is 0.0179. The smallest absolute Gasteiger partial charge is 0.381 e. The van der Waals surface area contributed by atoms with Crippen LogP contribution in [0, 0.1) is 6.92 Å². The molecule has 3 aromatic rings. The van der Waals surface area contributed by atoms with Gasteiger partial charge in [-0.25, -0.2) is 9.97 Å². The molecular formula is C20H19F3N4O3. The van der Waals surface area contributed by atoms with Gasteiger partial charge in [0, 0.05) is 30.7 Å². The van der Waals surface area contributed by atoms with Crippen LogP contribution in [0.1, 0.15) is 41.9 Å². The summed E-state index contributed by atoms with van der Waals surface area (Å²) in [5.74, 6) is -1.74. The predicted octanol–water partition coefficient (Wildman–Crippen LogP) is 3.22. The van der Waals surface area contributed by atoms with Gasteiger partial charge < -0.3 is 10.8 Å². The SMILES string of the molecule is CCC(=O)C(O)(c1ccc(C)c(-c2cnc3c(N)nc(C(C)=O)cn23)c1)C(F)(F)F. The molecule has 1 atom stereocenters. The van der Waals surface area contributed by atoms with Gasteiger partial charge in [-0.05, 0) is 18.6 Å². The zero-order valence-electron chi connectivity index (χ0n) is 16.4. The number of carbonyl (C=O) groups is 2. The summed E-state index contributed by atoms with van der Waals surface area (Å²) >= 11 is 0. The average Bonchev–Trinajstić information content (AvgIpc) is 3.10. The van der Waals surface area contributed by atoms with Crippen LogP contribution < -0.4 is 5.73 Å². The number of Topliss-reactive ketones (excluding diaryl/α,β-unsaturated/α-hetero) is 2. The van der Waals surface area contributed by atoms with E-state index >= 15 is 0 Å². The second kappa shape index (κ2) is 7.21. The molecule has 10 heteroatoms. The minimum Gasteiger partial charge on any atom is -0.381 e. The molecule has 3 N–H and O–H groups in total. The molecule has 0 fully saturated rings. The van der Waals surface area contributed by atoms with Gasteiger partial charge in [-0.2, -0.15) is 13.2 Å². The molecule has 3 rings (SSSR count). The van der Waals surface area contributed by atoms with Crippen molar-refractivity contribution < 1.29 is 27.9 Å². The molecule has 1 aromatic carbocycles. The van der Waals surface area contributed by atoms with Gasteiger partial charge in [0.2, 0.25) is 5.60 Å². The third kappa shape index (κ3) is 3.22. The number of nitrogen functional groups attached to an aromatic ring is 1. The first-order chi connectivity index (χ1) is 13.9. The van der Waals surface area contributed by atoms with Crippen LogP contribution in [-0.4, -0.2) is 37.2 Å². The molecule has 2 aromatic heterocycles. The molecule has 158 valence electrons. The summed E-state index contributed by atoms with van der Waals surface area (Å²) in [6.45, 7) is 4.21. The summed E-state index contributed by atoms with van der Waals surface area (Å²) in [4.78, 5) is 31.9. The number of benzene rings is 1. The monoisotopic (exact) mass is 420 g/mol. The van der Waals surface area contributed by atoms with Crippen LogP contribution in [0.3, 0.4) is 0 Å². The Morgan fingerprint density at radius 1 is 1.27 bits per heavy atom. The van der Waals surface area contributed by atoms with Gasteiger partial charge >= 0.3 is 6.18 Å². The second-order valence-corrected chi connectivity index (χ2v) is 6.92. The number of rotatable bonds is 5. The standard InChI is InChI=1S/C20H19F3N4O3/c1-4-16(29)19(30,20(21,22)23)12-6-5-10(2)13(7-12)15-8-25-18-17(24)26-14(11(3)28)9-27(15)18/h5-9,30H,4H2,1-3H3,(H2,24,26). The van der Waals surface area contributed by atoms with Crippen LogP contribution in [0.2, 0.25) is 0 Å². The van der Waals surface area contributed by atoms with E-state index in [0.717, 1.165) is 12.1 Å². The number of alkyl halides is 3. The van der Waals surface area contributed by atoms with E-state index in [1.165, 1.54) is 36.7 Å². The summed E-state index contributed by atoms with van der Waals surface area (Å²) in [5, 5.41) is 10.4. The van der Waals surface area contributed by atoms with Crippen molar-refractivity contribution in [2.45, 2.75) is 39.0 Å². The maximum absolute atomic E-state index is 13.7. The Kier molecular flexibility index (Phi) is 5.15. The first-order valence-electron chi connectivity index (χ1n) is 9.00. The molecule has 30 heavy (non-hydrogen) atoms. The maximum Gasteiger partial charge on any atom is 0.428 e. The van der Waals surface area contributed by atoms with Gasteiger partial charge in [0.1, 0.15) is 5.69 Å². The normalized spacial score (nSPS) is 14.0. The van der Waals surface area contributed by atoms with E-state index in [4.69, 9.17) is 5.73 Å². The van der Waals surface area contributed by atoms with E-state index in [2.05, 4.69) is 9.97 Å². The van der Waals surface area contributed by atoms with Crippen LogP contribution in [0.25, 0.3) is 16.9 Å². The lowest BCUT2D eigenvalue weighted by Crippen LogP contribution is -2.49. The van der Waals surface area contributed by atoms with E-state index in [0.29, 0.717) is 11.3 Å². The summed E-state index contributed by atoms with van der Waals surface area (Å²) in [6.07, 6.45) is -2.95. The lowest BCUT2D eigenvalue weighted by molar-refractivity contribution is -0.255. The van der Waals surface area contributed by atoms with Gasteiger partial charge in [0.25, 0.3) is 0 Å². The van der Waals surface area contributed by atoms with Crippen LogP contribution in [0.5, 0.6) is 0 Å². The Morgan fingerprint density at radius 3 is 2.50 bits per heavy atom. The van der Waals surface area contributed by atoms with Crippen LogP contribution in [0.15, 0.2) is 30.6 Å². The number of hydrogen-bond donors (Lipinski definition) is 2. The van der Waals surface area contributed by atoms with Gasteiger partial charge in [0.15, 0.2) is 23.0 Å². The predicted molar refractivity (Wildman–Crippen MR) is 103 cm³/mol. The molecule has 0 aliphatic carbocycles. The fourth-order valence-corrected chi connectivity index (χ4v) is 3.24. The quantitative estimate of drug-likeness (QED) is 0.613. The molecule has 2 heterocycles. The van der Waals surface area contributed by atoms with Crippen LogP contribution >= 0.6 is 0 Å². The summed E-state index contributed by atoms with van der Waals surface area (Å²) < 4.78 is 42.5. The topological polar surface area (TPSA) is 111 Å². The molecule has 0 spiro atoms. The van der Waals surface area contributed by atoms with Crippen molar-refractivity contribution in [1.29, 1.82) is 0 Å². The number of imidazole rings is 1. The van der Waals surface area contributed by atoms with E-state index in [-0.39, 0.29) is 28.5 Å². The molecule has 0 saturated carbocycles. The lowest BCUT2D eigenvalue weighted by Gasteiger charge is -2.29. The van der Waals surface area contributed by atoms with Crippen molar-refractivity contribution in [1.82, 2.24) is 14.4 Å². The molecule has 0 amide bonds. The Bertz CT molecular complexity index is 1170. The zero-order chi connectivity index (χ0) is 22.4. The second-order valence-electron chi connectivity index (χ2n) is 6.92. The van der Waals surface area contributed by atoms with Crippen molar-refractivity contribution in [3.05, 3.63) is 47.4 Å². The van der Waals surface area contributed by atoms with E-state index in [1.54, 1.807) is 6.92 Å². The van der Waals surface area contributed by atoms with Crippen molar-refractivity contribution in [2.75, 3.05) is 5.73 Å². The van der Waals surface area contributed by atoms with Gasteiger partial charge in [-0.3, -0.25) is 14.0 Å². The number of ketones is 2. The van der Waals surface area contributed by atoms with Gasteiger partial charge in [0.05, 0.1) is 11.9 Å². The highest BCUT2D eigenvalue weighted by Crippen LogP contribution is 2.42. The number of anilines is 1. The first kappa shape index (κ1) is 21.4. The summed E-state index contributed by atoms with van der Waals surface area (Å²) in [6, 6.07) is 3.55. The third-order valence-corrected chi connectivity index (χ3v) is 4.95. The molecule has 7 nitrogen and oxygen atoms in total. The lowest BCUT2D eigenvalue weighted by atomic mass is 9.85. The number of aryl methyl sites for hydroxylation is 1. The van der Waals surface area contributed by atoms with Crippen LogP contribution in [-0.2, 0) is 10.4 Å². The number of nitrogens with zero attached hydrogens (tertiary/aromatic N) is 3. The Hall–Kier alpha value is -3.27. The molecule has 0 radical (unpaired) electrons. The van der Waals surface area contributed by atoms with E-state index in [1.807, 2.05) is 0 Å². The van der Waals surface area contributed by atoms with E-state index < -0.39 is 29.5 Å². The van der Waals surface area contributed by atoms with Crippen molar-refractivity contribution in [3.8, 4) is 11.3 Å².